The zero-order chi connectivity index (χ0) is 12.4. The van der Waals surface area contributed by atoms with Gasteiger partial charge < -0.3 is 11.1 Å². The Balaban J connectivity index is 2.22. The monoisotopic (exact) mass is 235 g/mol. The van der Waals surface area contributed by atoms with Crippen LogP contribution < -0.4 is 11.1 Å². The highest BCUT2D eigenvalue weighted by atomic mass is 19.1. The zero-order valence-electron chi connectivity index (χ0n) is 9.01. The maximum absolute atomic E-state index is 12.9. The van der Waals surface area contributed by atoms with Gasteiger partial charge in [0.05, 0.1) is 11.8 Å². The van der Waals surface area contributed by atoms with Gasteiger partial charge in [0, 0.05) is 19.3 Å². The minimum absolute atomic E-state index is 0.0179. The van der Waals surface area contributed by atoms with E-state index in [1.54, 1.807) is 19.3 Å². The number of hydrogen-bond donors (Lipinski definition) is 2. The molecule has 2 aromatic heterocycles. The summed E-state index contributed by atoms with van der Waals surface area (Å²) in [7, 11) is 1.72. The van der Waals surface area contributed by atoms with Crippen molar-refractivity contribution in [1.29, 1.82) is 0 Å². The van der Waals surface area contributed by atoms with Gasteiger partial charge in [0.25, 0.3) is 5.91 Å². The fourth-order valence-electron chi connectivity index (χ4n) is 1.30. The third kappa shape index (κ3) is 2.39. The predicted molar refractivity (Wildman–Crippen MR) is 59.8 cm³/mol. The van der Waals surface area contributed by atoms with Gasteiger partial charge in [-0.3, -0.25) is 9.48 Å². The first-order chi connectivity index (χ1) is 8.06. The molecule has 7 heteroatoms. The molecule has 2 rings (SSSR count). The highest BCUT2D eigenvalue weighted by Crippen LogP contribution is 2.12. The molecule has 0 bridgehead atoms. The van der Waals surface area contributed by atoms with Gasteiger partial charge in [0.15, 0.2) is 5.82 Å². The first-order valence-electron chi connectivity index (χ1n) is 4.78. The SMILES string of the molecule is Cn1ccc(NC(=O)c2cc(F)cnc2N)n1. The largest absolute Gasteiger partial charge is 0.383 e. The quantitative estimate of drug-likeness (QED) is 0.805. The molecule has 0 fully saturated rings. The van der Waals surface area contributed by atoms with E-state index in [0.29, 0.717) is 5.82 Å². The van der Waals surface area contributed by atoms with Crippen LogP contribution in [0.2, 0.25) is 0 Å². The average Bonchev–Trinajstić information content (AvgIpc) is 2.67. The lowest BCUT2D eigenvalue weighted by Gasteiger charge is -2.04. The predicted octanol–water partition coefficient (Wildman–Crippen LogP) is 0.789. The van der Waals surface area contributed by atoms with E-state index in [0.717, 1.165) is 12.3 Å². The Kier molecular flexibility index (Phi) is 2.73. The normalized spacial score (nSPS) is 10.2. The van der Waals surface area contributed by atoms with Crippen LogP contribution in [0.3, 0.4) is 0 Å². The third-order valence-electron chi connectivity index (χ3n) is 2.08. The lowest BCUT2D eigenvalue weighted by molar-refractivity contribution is 0.102. The maximum atomic E-state index is 12.9. The summed E-state index contributed by atoms with van der Waals surface area (Å²) < 4.78 is 14.5. The van der Waals surface area contributed by atoms with E-state index < -0.39 is 11.7 Å². The van der Waals surface area contributed by atoms with Crippen LogP contribution in [0, 0.1) is 5.82 Å². The molecule has 0 saturated carbocycles. The Labute approximate surface area is 96.3 Å². The Bertz CT molecular complexity index is 566. The highest BCUT2D eigenvalue weighted by Gasteiger charge is 2.13. The van der Waals surface area contributed by atoms with Gasteiger partial charge in [-0.05, 0) is 6.07 Å². The number of nitrogens with zero attached hydrogens (tertiary/aromatic N) is 3. The molecule has 0 spiro atoms. The molecule has 0 unspecified atom stereocenters. The number of aromatic nitrogens is 3. The van der Waals surface area contributed by atoms with Crippen molar-refractivity contribution >= 4 is 17.5 Å². The number of halogens is 1. The summed E-state index contributed by atoms with van der Waals surface area (Å²) in [6, 6.07) is 2.64. The molecule has 88 valence electrons. The number of anilines is 2. The van der Waals surface area contributed by atoms with Crippen molar-refractivity contribution in [3.05, 3.63) is 35.9 Å². The van der Waals surface area contributed by atoms with Crippen LogP contribution >= 0.6 is 0 Å². The molecule has 0 aliphatic carbocycles. The smallest absolute Gasteiger partial charge is 0.260 e. The topological polar surface area (TPSA) is 85.8 Å². The molecular formula is C10H10FN5O. The van der Waals surface area contributed by atoms with Crippen molar-refractivity contribution in [3.8, 4) is 0 Å². The summed E-state index contributed by atoms with van der Waals surface area (Å²) in [5.74, 6) is -0.834. The molecule has 0 saturated heterocycles. The van der Waals surface area contributed by atoms with Crippen LogP contribution in [-0.4, -0.2) is 20.7 Å². The minimum Gasteiger partial charge on any atom is -0.383 e. The molecule has 0 atom stereocenters. The van der Waals surface area contributed by atoms with Crippen molar-refractivity contribution in [2.75, 3.05) is 11.1 Å². The van der Waals surface area contributed by atoms with E-state index in [9.17, 15) is 9.18 Å². The van der Waals surface area contributed by atoms with Crippen molar-refractivity contribution < 1.29 is 9.18 Å². The minimum atomic E-state index is -0.620. The Hall–Kier alpha value is -2.44. The van der Waals surface area contributed by atoms with Crippen LogP contribution in [0.4, 0.5) is 16.0 Å². The molecule has 17 heavy (non-hydrogen) atoms. The first-order valence-corrected chi connectivity index (χ1v) is 4.78. The second-order valence-electron chi connectivity index (χ2n) is 3.42. The second-order valence-corrected chi connectivity index (χ2v) is 3.42. The van der Waals surface area contributed by atoms with Crippen LogP contribution in [-0.2, 0) is 7.05 Å². The second kappa shape index (κ2) is 4.20. The van der Waals surface area contributed by atoms with E-state index >= 15 is 0 Å². The number of hydrogen-bond acceptors (Lipinski definition) is 4. The van der Waals surface area contributed by atoms with Gasteiger partial charge in [0.2, 0.25) is 0 Å². The number of pyridine rings is 1. The van der Waals surface area contributed by atoms with E-state index in [1.807, 2.05) is 0 Å². The summed E-state index contributed by atoms with van der Waals surface area (Å²) in [6.45, 7) is 0. The molecule has 2 aromatic rings. The summed E-state index contributed by atoms with van der Waals surface area (Å²) in [6.07, 6.45) is 2.62. The number of nitrogens with two attached hydrogens (primary N) is 1. The maximum Gasteiger partial charge on any atom is 0.260 e. The fourth-order valence-corrected chi connectivity index (χ4v) is 1.30. The average molecular weight is 235 g/mol. The van der Waals surface area contributed by atoms with E-state index in [2.05, 4.69) is 15.4 Å². The van der Waals surface area contributed by atoms with Crippen molar-refractivity contribution in [2.24, 2.45) is 7.05 Å². The van der Waals surface area contributed by atoms with Gasteiger partial charge in [-0.15, -0.1) is 0 Å². The Morgan fingerprint density at radius 3 is 3.00 bits per heavy atom. The van der Waals surface area contributed by atoms with Crippen LogP contribution in [0.15, 0.2) is 24.5 Å². The number of nitrogen functional groups attached to an aromatic ring is 1. The molecule has 6 nitrogen and oxygen atoms in total. The lowest BCUT2D eigenvalue weighted by Crippen LogP contribution is -2.15. The first kappa shape index (κ1) is 11.1. The molecule has 2 heterocycles. The number of nitrogens with one attached hydrogen (secondary N) is 1. The molecule has 0 aliphatic rings. The summed E-state index contributed by atoms with van der Waals surface area (Å²) in [5.41, 5.74) is 5.47. The van der Waals surface area contributed by atoms with E-state index in [4.69, 9.17) is 5.73 Å². The highest BCUT2D eigenvalue weighted by molar-refractivity contribution is 6.06. The van der Waals surface area contributed by atoms with E-state index in [-0.39, 0.29) is 11.4 Å². The number of carbonyl (C=O) groups is 1. The summed E-state index contributed by atoms with van der Waals surface area (Å²) in [4.78, 5) is 15.3. The van der Waals surface area contributed by atoms with Gasteiger partial charge in [-0.1, -0.05) is 0 Å². The van der Waals surface area contributed by atoms with Gasteiger partial charge in [-0.2, -0.15) is 5.10 Å². The van der Waals surface area contributed by atoms with Crippen molar-refractivity contribution in [3.63, 3.8) is 0 Å². The van der Waals surface area contributed by atoms with Crippen LogP contribution in [0.25, 0.3) is 0 Å². The molecule has 1 amide bonds. The molecular weight excluding hydrogens is 225 g/mol. The number of carbonyl (C=O) groups excluding carboxylic acids is 1. The third-order valence-corrected chi connectivity index (χ3v) is 2.08. The van der Waals surface area contributed by atoms with Gasteiger partial charge >= 0.3 is 0 Å². The summed E-state index contributed by atoms with van der Waals surface area (Å²) in [5, 5.41) is 6.45. The van der Waals surface area contributed by atoms with Crippen molar-refractivity contribution in [2.45, 2.75) is 0 Å². The number of rotatable bonds is 2. The van der Waals surface area contributed by atoms with Gasteiger partial charge in [-0.25, -0.2) is 9.37 Å². The molecule has 3 N–H and O–H groups in total. The van der Waals surface area contributed by atoms with Crippen LogP contribution in [0.1, 0.15) is 10.4 Å². The van der Waals surface area contributed by atoms with Gasteiger partial charge in [0.1, 0.15) is 11.6 Å². The Morgan fingerprint density at radius 1 is 1.59 bits per heavy atom. The number of aryl methyl sites for hydroxylation is 1. The lowest BCUT2D eigenvalue weighted by atomic mass is 10.2. The Morgan fingerprint density at radius 2 is 2.35 bits per heavy atom. The van der Waals surface area contributed by atoms with Crippen LogP contribution in [0.5, 0.6) is 0 Å². The standard InChI is InChI=1S/C10H10FN5O/c1-16-3-2-8(15-16)14-10(17)7-4-6(11)5-13-9(7)12/h2-5H,1H3,(H2,12,13)(H,14,15,17). The number of amides is 1. The van der Waals surface area contributed by atoms with Crippen molar-refractivity contribution in [1.82, 2.24) is 14.8 Å². The molecule has 0 aromatic carbocycles. The summed E-state index contributed by atoms with van der Waals surface area (Å²) >= 11 is 0. The fraction of sp³-hybridized carbons (Fsp3) is 0.100. The van der Waals surface area contributed by atoms with E-state index in [1.165, 1.54) is 4.68 Å². The molecule has 0 aliphatic heterocycles. The zero-order valence-corrected chi connectivity index (χ0v) is 9.01. The molecule has 0 radical (unpaired) electrons.